The summed E-state index contributed by atoms with van der Waals surface area (Å²) in [6.07, 6.45) is 0. The first-order valence-electron chi connectivity index (χ1n) is 9.26. The van der Waals surface area contributed by atoms with Gasteiger partial charge in [0, 0.05) is 12.6 Å². The molecule has 1 amide bonds. The average Bonchev–Trinajstić information content (AvgIpc) is 2.74. The predicted octanol–water partition coefficient (Wildman–Crippen LogP) is 4.72. The fourth-order valence-electron chi connectivity index (χ4n) is 2.17. The third-order valence-electron chi connectivity index (χ3n) is 3.28. The predicted molar refractivity (Wildman–Crippen MR) is 112 cm³/mol. The van der Waals surface area contributed by atoms with E-state index in [-0.39, 0.29) is 11.6 Å². The highest BCUT2D eigenvalue weighted by molar-refractivity contribution is 6.45. The number of para-hydroxylation sites is 1. The molecule has 0 saturated heterocycles. The smallest absolute Gasteiger partial charge is 0.273 e. The summed E-state index contributed by atoms with van der Waals surface area (Å²) < 4.78 is 5.80. The number of benzene rings is 2. The lowest BCUT2D eigenvalue weighted by atomic mass is 10.0. The highest BCUT2D eigenvalue weighted by Crippen LogP contribution is 2.17. The van der Waals surface area contributed by atoms with Gasteiger partial charge >= 0.3 is 0 Å². The number of nitrogens with zero attached hydrogens (tertiary/aromatic N) is 1. The van der Waals surface area contributed by atoms with Crippen LogP contribution in [0.5, 0.6) is 5.75 Å². The summed E-state index contributed by atoms with van der Waals surface area (Å²) in [7, 11) is 2.97. The summed E-state index contributed by atoms with van der Waals surface area (Å²) in [6.45, 7) is 10.3. The molecule has 0 aliphatic heterocycles. The second-order valence-corrected chi connectivity index (χ2v) is 4.96. The van der Waals surface area contributed by atoms with E-state index >= 15 is 0 Å². The van der Waals surface area contributed by atoms with Gasteiger partial charge in [0.2, 0.25) is 0 Å². The third-order valence-corrected chi connectivity index (χ3v) is 3.28. The molecular weight excluding hydrogens is 340 g/mol. The van der Waals surface area contributed by atoms with E-state index in [1.54, 1.807) is 7.05 Å². The Morgan fingerprint density at radius 3 is 2.22 bits per heavy atom. The lowest BCUT2D eigenvalue weighted by Gasteiger charge is -2.13. The lowest BCUT2D eigenvalue weighted by molar-refractivity contribution is -0.114. The van der Waals surface area contributed by atoms with Gasteiger partial charge < -0.3 is 14.9 Å². The van der Waals surface area contributed by atoms with Gasteiger partial charge in [0.15, 0.2) is 5.71 Å². The minimum atomic E-state index is -0.309. The maximum absolute atomic E-state index is 12.1. The number of carbonyl (C=O) groups excluding carboxylic acids is 1. The van der Waals surface area contributed by atoms with Crippen LogP contribution in [0.1, 0.15) is 44.4 Å². The van der Waals surface area contributed by atoms with Crippen molar-refractivity contribution in [3.8, 4) is 5.75 Å². The summed E-state index contributed by atoms with van der Waals surface area (Å²) in [6, 6.07) is 15.3. The normalized spacial score (nSPS) is 9.81. The van der Waals surface area contributed by atoms with Crippen LogP contribution in [0.25, 0.3) is 0 Å². The van der Waals surface area contributed by atoms with Crippen molar-refractivity contribution in [3.63, 3.8) is 0 Å². The summed E-state index contributed by atoms with van der Waals surface area (Å²) in [5, 5.41) is 6.43. The zero-order valence-electron chi connectivity index (χ0n) is 17.5. The molecule has 0 aliphatic carbocycles. The van der Waals surface area contributed by atoms with E-state index in [1.807, 2.05) is 83.1 Å². The Labute approximate surface area is 163 Å². The number of nitrogens with one attached hydrogen (secondary N) is 1. The first kappa shape index (κ1) is 24.2. The largest absolute Gasteiger partial charge is 0.489 e. The van der Waals surface area contributed by atoms with Crippen LogP contribution in [-0.2, 0) is 16.2 Å². The van der Waals surface area contributed by atoms with E-state index in [2.05, 4.69) is 10.5 Å². The monoisotopic (exact) mass is 372 g/mol. The van der Waals surface area contributed by atoms with Crippen molar-refractivity contribution < 1.29 is 14.4 Å². The number of likely N-dealkylation sites (N-methyl/N-ethyl adjacent to an activating group) is 1. The van der Waals surface area contributed by atoms with Gasteiger partial charge in [0.1, 0.15) is 19.5 Å². The van der Waals surface area contributed by atoms with Gasteiger partial charge in [-0.05, 0) is 24.6 Å². The lowest BCUT2D eigenvalue weighted by Crippen LogP contribution is -2.29. The van der Waals surface area contributed by atoms with E-state index in [0.717, 1.165) is 16.9 Å². The molecule has 0 bridgehead atoms. The van der Waals surface area contributed by atoms with Gasteiger partial charge in [-0.3, -0.25) is 4.79 Å². The molecule has 0 fully saturated rings. The standard InChI is InChI=1S/C18H20N2O3.2C2H6/c1-13-9-10-16(17(20-22-3)18(21)19-2)14(11-13)12-23-15-7-5-4-6-8-15;2*1-2/h4-11H,12H2,1-3H3,(H,19,21);2*1-2H3/b20-17+;;. The molecule has 2 aromatic rings. The van der Waals surface area contributed by atoms with Crippen LogP contribution in [0, 0.1) is 6.92 Å². The maximum Gasteiger partial charge on any atom is 0.273 e. The fourth-order valence-corrected chi connectivity index (χ4v) is 2.17. The molecule has 0 heterocycles. The minimum Gasteiger partial charge on any atom is -0.489 e. The van der Waals surface area contributed by atoms with Crippen molar-refractivity contribution in [1.82, 2.24) is 5.32 Å². The average molecular weight is 373 g/mol. The molecule has 27 heavy (non-hydrogen) atoms. The quantitative estimate of drug-likeness (QED) is 0.589. The first-order chi connectivity index (χ1) is 13.2. The Balaban J connectivity index is 0.00000158. The van der Waals surface area contributed by atoms with E-state index in [1.165, 1.54) is 7.11 Å². The molecule has 0 aliphatic rings. The van der Waals surface area contributed by atoms with E-state index in [4.69, 9.17) is 9.57 Å². The van der Waals surface area contributed by atoms with Crippen LogP contribution in [0.2, 0.25) is 0 Å². The molecular formula is C22H32N2O3. The van der Waals surface area contributed by atoms with E-state index < -0.39 is 0 Å². The molecule has 0 saturated carbocycles. The summed E-state index contributed by atoms with van der Waals surface area (Å²) in [4.78, 5) is 16.9. The Hall–Kier alpha value is -2.82. The van der Waals surface area contributed by atoms with Crippen LogP contribution >= 0.6 is 0 Å². The molecule has 0 radical (unpaired) electrons. The van der Waals surface area contributed by atoms with Crippen molar-refractivity contribution in [2.24, 2.45) is 5.16 Å². The molecule has 0 aromatic heterocycles. The van der Waals surface area contributed by atoms with Gasteiger partial charge in [0.05, 0.1) is 0 Å². The number of rotatable bonds is 6. The molecule has 2 aromatic carbocycles. The maximum atomic E-state index is 12.1. The molecule has 5 nitrogen and oxygen atoms in total. The SMILES string of the molecule is CC.CC.CNC(=O)/C(=N/OC)c1ccc(C)cc1COc1ccccc1. The van der Waals surface area contributed by atoms with Gasteiger partial charge in [0.25, 0.3) is 5.91 Å². The van der Waals surface area contributed by atoms with Crippen molar-refractivity contribution in [1.29, 1.82) is 0 Å². The van der Waals surface area contributed by atoms with Crippen LogP contribution in [0.4, 0.5) is 0 Å². The summed E-state index contributed by atoms with van der Waals surface area (Å²) >= 11 is 0. The zero-order valence-corrected chi connectivity index (χ0v) is 17.5. The molecule has 148 valence electrons. The van der Waals surface area contributed by atoms with Crippen molar-refractivity contribution in [3.05, 3.63) is 65.2 Å². The zero-order chi connectivity index (χ0) is 20.7. The number of aryl methyl sites for hydroxylation is 1. The number of ether oxygens (including phenoxy) is 1. The Morgan fingerprint density at radius 2 is 1.67 bits per heavy atom. The Kier molecular flexibility index (Phi) is 12.9. The van der Waals surface area contributed by atoms with Crippen LogP contribution < -0.4 is 10.1 Å². The Bertz CT molecular complexity index is 698. The Morgan fingerprint density at radius 1 is 1.04 bits per heavy atom. The molecule has 0 spiro atoms. The molecule has 0 unspecified atom stereocenters. The van der Waals surface area contributed by atoms with E-state index in [0.29, 0.717) is 12.2 Å². The third kappa shape index (κ3) is 7.94. The number of oxime groups is 1. The highest BCUT2D eigenvalue weighted by atomic mass is 16.6. The number of hydrogen-bond acceptors (Lipinski definition) is 4. The molecule has 1 N–H and O–H groups in total. The highest BCUT2D eigenvalue weighted by Gasteiger charge is 2.18. The molecule has 2 rings (SSSR count). The molecule has 0 atom stereocenters. The van der Waals surface area contributed by atoms with Crippen molar-refractivity contribution in [2.45, 2.75) is 41.2 Å². The van der Waals surface area contributed by atoms with Gasteiger partial charge in [-0.1, -0.05) is 74.8 Å². The topological polar surface area (TPSA) is 59.9 Å². The number of amides is 1. The fraction of sp³-hybridized carbons (Fsp3) is 0.364. The van der Waals surface area contributed by atoms with E-state index in [9.17, 15) is 4.79 Å². The summed E-state index contributed by atoms with van der Waals surface area (Å²) in [5.74, 6) is 0.460. The minimum absolute atomic E-state index is 0.224. The number of hydrogen-bond donors (Lipinski definition) is 1. The van der Waals surface area contributed by atoms with Crippen molar-refractivity contribution in [2.75, 3.05) is 14.2 Å². The first-order valence-corrected chi connectivity index (χ1v) is 9.26. The van der Waals surface area contributed by atoms with Crippen LogP contribution in [0.15, 0.2) is 53.7 Å². The second-order valence-electron chi connectivity index (χ2n) is 4.96. The van der Waals surface area contributed by atoms with Gasteiger partial charge in [-0.25, -0.2) is 0 Å². The van der Waals surface area contributed by atoms with Gasteiger partial charge in [-0.2, -0.15) is 0 Å². The molecule has 5 heteroatoms. The van der Waals surface area contributed by atoms with Crippen molar-refractivity contribution >= 4 is 11.6 Å². The van der Waals surface area contributed by atoms with Crippen LogP contribution in [0.3, 0.4) is 0 Å². The van der Waals surface area contributed by atoms with Crippen LogP contribution in [-0.4, -0.2) is 25.8 Å². The summed E-state index contributed by atoms with van der Waals surface area (Å²) in [5.41, 5.74) is 2.86. The second kappa shape index (κ2) is 14.4. The number of carbonyl (C=O) groups is 1. The van der Waals surface area contributed by atoms with Gasteiger partial charge in [-0.15, -0.1) is 0 Å².